The number of H-pyrrole nitrogens is 1. The molecule has 0 fully saturated rings. The third kappa shape index (κ3) is 2.45. The van der Waals surface area contributed by atoms with Gasteiger partial charge < -0.3 is 9.72 Å². The van der Waals surface area contributed by atoms with Crippen LogP contribution in [0.4, 0.5) is 4.39 Å². The molecule has 0 aliphatic rings. The summed E-state index contributed by atoms with van der Waals surface area (Å²) in [6.45, 7) is 0. The van der Waals surface area contributed by atoms with E-state index < -0.39 is 5.82 Å². The van der Waals surface area contributed by atoms with Gasteiger partial charge in [-0.3, -0.25) is 0 Å². The molecule has 0 saturated heterocycles. The Morgan fingerprint density at radius 3 is 2.82 bits per heavy atom. The van der Waals surface area contributed by atoms with E-state index in [1.165, 1.54) is 25.6 Å². The normalized spacial score (nSPS) is 10.3. The van der Waals surface area contributed by atoms with Gasteiger partial charge in [0.05, 0.1) is 19.1 Å². The van der Waals surface area contributed by atoms with E-state index in [0.29, 0.717) is 26.7 Å². The Balaban J connectivity index is 2.68. The number of methoxy groups -OCH3 is 1. The fraction of sp³-hybridized carbons (Fsp3) is 0.0909. The maximum absolute atomic E-state index is 13.3. The maximum Gasteiger partial charge on any atom is 0.179 e. The van der Waals surface area contributed by atoms with Gasteiger partial charge in [0.25, 0.3) is 0 Å². The van der Waals surface area contributed by atoms with Gasteiger partial charge in [0, 0.05) is 10.6 Å². The van der Waals surface area contributed by atoms with E-state index in [0.717, 1.165) is 0 Å². The van der Waals surface area contributed by atoms with Crippen molar-refractivity contribution in [3.05, 3.63) is 40.0 Å². The van der Waals surface area contributed by atoms with Crippen molar-refractivity contribution in [3.63, 3.8) is 0 Å². The molecule has 2 aromatic rings. The first kappa shape index (κ1) is 12.0. The average molecular weight is 271 g/mol. The van der Waals surface area contributed by atoms with Crippen LogP contribution in [0.15, 0.2) is 24.5 Å². The molecule has 3 nitrogen and oxygen atoms in total. The summed E-state index contributed by atoms with van der Waals surface area (Å²) < 4.78 is 18.7. The molecule has 17 heavy (non-hydrogen) atoms. The van der Waals surface area contributed by atoms with Crippen LogP contribution in [-0.2, 0) is 0 Å². The maximum atomic E-state index is 13.3. The van der Waals surface area contributed by atoms with Crippen molar-refractivity contribution < 1.29 is 9.13 Å². The number of nitrogens with zero attached hydrogens (tertiary/aromatic N) is 1. The molecule has 0 bridgehead atoms. The fourth-order valence-electron chi connectivity index (χ4n) is 1.49. The van der Waals surface area contributed by atoms with Crippen LogP contribution in [0, 0.1) is 10.5 Å². The quantitative estimate of drug-likeness (QED) is 0.847. The number of halogens is 2. The van der Waals surface area contributed by atoms with Gasteiger partial charge in [-0.15, -0.1) is 0 Å². The van der Waals surface area contributed by atoms with Gasteiger partial charge in [0.1, 0.15) is 5.82 Å². The molecule has 0 aliphatic carbocycles. The predicted octanol–water partition coefficient (Wildman–Crippen LogP) is 3.61. The first-order chi connectivity index (χ1) is 8.11. The monoisotopic (exact) mass is 270 g/mol. The van der Waals surface area contributed by atoms with Crippen LogP contribution in [0.25, 0.3) is 11.3 Å². The van der Waals surface area contributed by atoms with Gasteiger partial charge >= 0.3 is 0 Å². The van der Waals surface area contributed by atoms with Crippen LogP contribution in [-0.4, -0.2) is 17.1 Å². The second kappa shape index (κ2) is 4.81. The SMILES string of the molecule is COc1c(-c2cc(F)cc(Cl)c2)[nH]cnc1=S. The van der Waals surface area contributed by atoms with Gasteiger partial charge in [-0.2, -0.15) is 0 Å². The summed E-state index contributed by atoms with van der Waals surface area (Å²) in [5, 5.41) is 0.304. The van der Waals surface area contributed by atoms with E-state index in [1.54, 1.807) is 6.07 Å². The zero-order valence-corrected chi connectivity index (χ0v) is 10.4. The smallest absolute Gasteiger partial charge is 0.179 e. The Kier molecular flexibility index (Phi) is 3.40. The van der Waals surface area contributed by atoms with E-state index in [1.807, 2.05) is 0 Å². The minimum Gasteiger partial charge on any atom is -0.491 e. The summed E-state index contributed by atoms with van der Waals surface area (Å²) >= 11 is 10.8. The van der Waals surface area contributed by atoms with E-state index in [9.17, 15) is 4.39 Å². The summed E-state index contributed by atoms with van der Waals surface area (Å²) in [4.78, 5) is 6.76. The van der Waals surface area contributed by atoms with E-state index >= 15 is 0 Å². The molecule has 1 heterocycles. The van der Waals surface area contributed by atoms with Crippen molar-refractivity contribution in [2.24, 2.45) is 0 Å². The summed E-state index contributed by atoms with van der Waals surface area (Å²) in [5.41, 5.74) is 1.11. The Hall–Kier alpha value is -1.46. The summed E-state index contributed by atoms with van der Waals surface area (Å²) in [7, 11) is 1.48. The summed E-state index contributed by atoms with van der Waals surface area (Å²) in [6, 6.07) is 4.19. The lowest BCUT2D eigenvalue weighted by Gasteiger charge is -2.08. The topological polar surface area (TPSA) is 37.9 Å². The number of ether oxygens (including phenoxy) is 1. The molecule has 1 aromatic heterocycles. The second-order valence-electron chi connectivity index (χ2n) is 3.27. The van der Waals surface area contributed by atoms with E-state index in [-0.39, 0.29) is 0 Å². The highest BCUT2D eigenvalue weighted by molar-refractivity contribution is 7.71. The molecular formula is C11H8ClFN2OS. The summed E-state index contributed by atoms with van der Waals surface area (Å²) in [5.74, 6) is -0.0325. The van der Waals surface area contributed by atoms with Crippen molar-refractivity contribution >= 4 is 23.8 Å². The molecule has 1 N–H and O–H groups in total. The zero-order valence-electron chi connectivity index (χ0n) is 8.83. The lowest BCUT2D eigenvalue weighted by molar-refractivity contribution is 0.410. The van der Waals surface area contributed by atoms with Crippen molar-refractivity contribution in [2.75, 3.05) is 7.11 Å². The van der Waals surface area contributed by atoms with Crippen LogP contribution < -0.4 is 4.74 Å². The Morgan fingerprint density at radius 2 is 2.18 bits per heavy atom. The molecule has 0 unspecified atom stereocenters. The number of aromatic amines is 1. The number of rotatable bonds is 2. The molecule has 0 saturated carbocycles. The van der Waals surface area contributed by atoms with Crippen LogP contribution >= 0.6 is 23.8 Å². The largest absolute Gasteiger partial charge is 0.491 e. The minimum atomic E-state index is -0.425. The highest BCUT2D eigenvalue weighted by Crippen LogP contribution is 2.30. The van der Waals surface area contributed by atoms with Crippen LogP contribution in [0.5, 0.6) is 5.75 Å². The average Bonchev–Trinajstić information content (AvgIpc) is 2.27. The summed E-state index contributed by atoms with van der Waals surface area (Å²) in [6.07, 6.45) is 1.43. The Bertz CT molecular complexity index is 594. The van der Waals surface area contributed by atoms with Gasteiger partial charge in [-0.05, 0) is 18.2 Å². The third-order valence-electron chi connectivity index (χ3n) is 2.17. The predicted molar refractivity (Wildman–Crippen MR) is 66.4 cm³/mol. The molecule has 88 valence electrons. The number of nitrogens with one attached hydrogen (secondary N) is 1. The molecule has 0 aliphatic heterocycles. The molecule has 0 atom stereocenters. The van der Waals surface area contributed by atoms with Crippen molar-refractivity contribution in [2.45, 2.75) is 0 Å². The third-order valence-corrected chi connectivity index (χ3v) is 2.68. The lowest BCUT2D eigenvalue weighted by atomic mass is 10.1. The number of hydrogen-bond acceptors (Lipinski definition) is 3. The number of benzene rings is 1. The number of aromatic nitrogens is 2. The second-order valence-corrected chi connectivity index (χ2v) is 4.10. The van der Waals surface area contributed by atoms with Crippen LogP contribution in [0.2, 0.25) is 5.02 Å². The van der Waals surface area contributed by atoms with Gasteiger partial charge in [0.2, 0.25) is 0 Å². The molecular weight excluding hydrogens is 263 g/mol. The highest BCUT2D eigenvalue weighted by atomic mass is 35.5. The molecule has 0 spiro atoms. The molecule has 2 rings (SSSR count). The van der Waals surface area contributed by atoms with Crippen molar-refractivity contribution in [3.8, 4) is 17.0 Å². The van der Waals surface area contributed by atoms with Gasteiger partial charge in [0.15, 0.2) is 10.4 Å². The Labute approximate surface area is 107 Å². The van der Waals surface area contributed by atoms with E-state index in [2.05, 4.69) is 9.97 Å². The molecule has 1 aromatic carbocycles. The molecule has 0 amide bonds. The Morgan fingerprint density at radius 1 is 1.41 bits per heavy atom. The molecule has 0 radical (unpaired) electrons. The van der Waals surface area contributed by atoms with Crippen LogP contribution in [0.1, 0.15) is 0 Å². The van der Waals surface area contributed by atoms with Crippen molar-refractivity contribution in [1.29, 1.82) is 0 Å². The lowest BCUT2D eigenvalue weighted by Crippen LogP contribution is -1.94. The van der Waals surface area contributed by atoms with Gasteiger partial charge in [-0.25, -0.2) is 9.37 Å². The molecule has 6 heteroatoms. The first-order valence-electron chi connectivity index (χ1n) is 4.70. The van der Waals surface area contributed by atoms with Gasteiger partial charge in [-0.1, -0.05) is 23.8 Å². The fourth-order valence-corrected chi connectivity index (χ4v) is 1.95. The van der Waals surface area contributed by atoms with Crippen LogP contribution in [0.3, 0.4) is 0 Å². The highest BCUT2D eigenvalue weighted by Gasteiger charge is 2.10. The van der Waals surface area contributed by atoms with E-state index in [4.69, 9.17) is 28.6 Å². The standard InChI is InChI=1S/C11H8ClFN2OS/c1-16-10-9(14-5-15-11(10)17)6-2-7(12)4-8(13)3-6/h2-5H,1H3,(H,14,15,17). The first-order valence-corrected chi connectivity index (χ1v) is 5.48. The number of hydrogen-bond donors (Lipinski definition) is 1. The van der Waals surface area contributed by atoms with Crippen molar-refractivity contribution in [1.82, 2.24) is 9.97 Å². The minimum absolute atomic E-state index is 0.304. The zero-order chi connectivity index (χ0) is 12.4.